The molecule has 0 aromatic carbocycles. The molecule has 0 aliphatic heterocycles. The Bertz CT molecular complexity index is 421. The first-order valence-electron chi connectivity index (χ1n) is 4.71. The molecule has 1 aromatic heterocycles. The average Bonchev–Trinajstić information content (AvgIpc) is 2.26. The van der Waals surface area contributed by atoms with Crippen LogP contribution in [-0.4, -0.2) is 29.2 Å². The smallest absolute Gasteiger partial charge is 0.396 e. The lowest BCUT2D eigenvalue weighted by atomic mass is 10.2. The fourth-order valence-corrected chi connectivity index (χ4v) is 1.05. The van der Waals surface area contributed by atoms with E-state index >= 15 is 0 Å². The first-order valence-corrected chi connectivity index (χ1v) is 4.71. The summed E-state index contributed by atoms with van der Waals surface area (Å²) in [6.07, 6.45) is -3.97. The second kappa shape index (κ2) is 4.92. The predicted octanol–water partition coefficient (Wildman–Crippen LogP) is 1.72. The Morgan fingerprint density at radius 3 is 2.39 bits per heavy atom. The van der Waals surface area contributed by atoms with Gasteiger partial charge in [-0.1, -0.05) is 0 Å². The van der Waals surface area contributed by atoms with Crippen molar-refractivity contribution in [3.8, 4) is 0 Å². The summed E-state index contributed by atoms with van der Waals surface area (Å²) < 4.78 is 62.4. The molecule has 4 N–H and O–H groups in total. The Kier molecular flexibility index (Phi) is 3.95. The Hall–Kier alpha value is -1.64. The molecule has 0 fully saturated rings. The lowest BCUT2D eigenvalue weighted by Crippen LogP contribution is -2.31. The van der Waals surface area contributed by atoms with Gasteiger partial charge in [-0.25, -0.2) is 13.8 Å². The van der Waals surface area contributed by atoms with Crippen molar-refractivity contribution in [1.82, 2.24) is 4.98 Å². The minimum absolute atomic E-state index is 0.197. The molecule has 18 heavy (non-hydrogen) atoms. The standard InChI is InChI=1S/C9H10F5N3O/c10-8(11,4-18)3-17-6-1-7(9(12,13)14)16-2-5(6)15/h1-2,18H,3-4,15H2,(H,16,17). The van der Waals surface area contributed by atoms with E-state index < -0.39 is 30.9 Å². The minimum atomic E-state index is -4.69. The fraction of sp³-hybridized carbons (Fsp3) is 0.444. The summed E-state index contributed by atoms with van der Waals surface area (Å²) >= 11 is 0. The number of halogens is 5. The molecule has 1 rings (SSSR count). The first kappa shape index (κ1) is 14.4. The number of hydrogen-bond acceptors (Lipinski definition) is 4. The van der Waals surface area contributed by atoms with Crippen LogP contribution in [0.25, 0.3) is 0 Å². The molecule has 0 bridgehead atoms. The van der Waals surface area contributed by atoms with Crippen LogP contribution in [-0.2, 0) is 6.18 Å². The van der Waals surface area contributed by atoms with Gasteiger partial charge in [-0.3, -0.25) is 0 Å². The second-order valence-corrected chi connectivity index (χ2v) is 3.52. The van der Waals surface area contributed by atoms with Crippen LogP contribution in [0.4, 0.5) is 33.3 Å². The molecule has 0 atom stereocenters. The maximum Gasteiger partial charge on any atom is 0.433 e. The van der Waals surface area contributed by atoms with E-state index in [-0.39, 0.29) is 11.4 Å². The van der Waals surface area contributed by atoms with Gasteiger partial charge in [-0.05, 0) is 6.07 Å². The number of rotatable bonds is 4. The summed E-state index contributed by atoms with van der Waals surface area (Å²) in [5, 5.41) is 10.4. The molecule has 0 saturated heterocycles. The highest BCUT2D eigenvalue weighted by atomic mass is 19.4. The topological polar surface area (TPSA) is 71.2 Å². The van der Waals surface area contributed by atoms with Crippen LogP contribution in [0.5, 0.6) is 0 Å². The van der Waals surface area contributed by atoms with Crippen LogP contribution in [0.15, 0.2) is 12.3 Å². The molecule has 0 aliphatic carbocycles. The Morgan fingerprint density at radius 2 is 1.89 bits per heavy atom. The van der Waals surface area contributed by atoms with E-state index in [1.165, 1.54) is 0 Å². The summed E-state index contributed by atoms with van der Waals surface area (Å²) in [5.74, 6) is -3.45. The van der Waals surface area contributed by atoms with Crippen molar-refractivity contribution in [2.45, 2.75) is 12.1 Å². The zero-order valence-corrected chi connectivity index (χ0v) is 8.93. The van der Waals surface area contributed by atoms with E-state index in [0.29, 0.717) is 6.07 Å². The molecule has 1 heterocycles. The Labute approximate surface area is 98.6 Å². The van der Waals surface area contributed by atoms with E-state index in [9.17, 15) is 22.0 Å². The van der Waals surface area contributed by atoms with Gasteiger partial charge in [-0.2, -0.15) is 13.2 Å². The number of alkyl halides is 5. The van der Waals surface area contributed by atoms with Crippen molar-refractivity contribution >= 4 is 11.4 Å². The van der Waals surface area contributed by atoms with Crippen molar-refractivity contribution in [3.63, 3.8) is 0 Å². The van der Waals surface area contributed by atoms with Gasteiger partial charge >= 0.3 is 6.18 Å². The lowest BCUT2D eigenvalue weighted by molar-refractivity contribution is -0.141. The number of nitrogens with zero attached hydrogens (tertiary/aromatic N) is 1. The molecule has 4 nitrogen and oxygen atoms in total. The van der Waals surface area contributed by atoms with E-state index in [4.69, 9.17) is 10.8 Å². The number of nitrogens with one attached hydrogen (secondary N) is 1. The average molecular weight is 271 g/mol. The molecule has 0 radical (unpaired) electrons. The van der Waals surface area contributed by atoms with Crippen molar-refractivity contribution in [2.75, 3.05) is 24.2 Å². The normalized spacial score (nSPS) is 12.6. The highest BCUT2D eigenvalue weighted by Crippen LogP contribution is 2.31. The van der Waals surface area contributed by atoms with Gasteiger partial charge in [0.05, 0.1) is 24.1 Å². The van der Waals surface area contributed by atoms with Crippen molar-refractivity contribution in [3.05, 3.63) is 18.0 Å². The van der Waals surface area contributed by atoms with Crippen LogP contribution < -0.4 is 11.1 Å². The maximum absolute atomic E-state index is 12.7. The third-order valence-corrected chi connectivity index (χ3v) is 1.99. The monoisotopic (exact) mass is 271 g/mol. The van der Waals surface area contributed by atoms with Crippen LogP contribution in [0.1, 0.15) is 5.69 Å². The molecule has 0 aliphatic rings. The SMILES string of the molecule is Nc1cnc(C(F)(F)F)cc1NCC(F)(F)CO. The number of pyridine rings is 1. The summed E-state index contributed by atoms with van der Waals surface area (Å²) in [6, 6.07) is 0.531. The van der Waals surface area contributed by atoms with Gasteiger partial charge in [0.2, 0.25) is 0 Å². The van der Waals surface area contributed by atoms with Crippen LogP contribution in [0.3, 0.4) is 0 Å². The number of nitrogens with two attached hydrogens (primary N) is 1. The molecule has 0 spiro atoms. The number of nitrogen functional groups attached to an aromatic ring is 1. The van der Waals surface area contributed by atoms with Crippen molar-refractivity contribution in [2.24, 2.45) is 0 Å². The third kappa shape index (κ3) is 3.69. The molecular weight excluding hydrogens is 261 g/mol. The lowest BCUT2D eigenvalue weighted by Gasteiger charge is -2.16. The molecule has 1 aromatic rings. The van der Waals surface area contributed by atoms with Crippen molar-refractivity contribution < 1.29 is 27.1 Å². The van der Waals surface area contributed by atoms with Crippen LogP contribution >= 0.6 is 0 Å². The van der Waals surface area contributed by atoms with Gasteiger partial charge in [0.15, 0.2) is 0 Å². The zero-order valence-electron chi connectivity index (χ0n) is 8.93. The van der Waals surface area contributed by atoms with E-state index in [0.717, 1.165) is 6.20 Å². The van der Waals surface area contributed by atoms with Crippen LogP contribution in [0, 0.1) is 0 Å². The predicted molar refractivity (Wildman–Crippen MR) is 54.2 cm³/mol. The number of aliphatic hydroxyl groups is 1. The van der Waals surface area contributed by atoms with Gasteiger partial charge in [-0.15, -0.1) is 0 Å². The van der Waals surface area contributed by atoms with E-state index in [1.54, 1.807) is 0 Å². The quantitative estimate of drug-likeness (QED) is 0.729. The van der Waals surface area contributed by atoms with E-state index in [1.807, 2.05) is 5.32 Å². The highest BCUT2D eigenvalue weighted by molar-refractivity contribution is 5.65. The molecule has 0 amide bonds. The highest BCUT2D eigenvalue weighted by Gasteiger charge is 2.33. The number of aliphatic hydroxyl groups excluding tert-OH is 1. The van der Waals surface area contributed by atoms with Crippen LogP contribution in [0.2, 0.25) is 0 Å². The number of aromatic nitrogens is 1. The summed E-state index contributed by atoms with van der Waals surface area (Å²) in [6.45, 7) is -2.45. The fourth-order valence-electron chi connectivity index (χ4n) is 1.05. The summed E-state index contributed by atoms with van der Waals surface area (Å²) in [5.41, 5.74) is 3.55. The Morgan fingerprint density at radius 1 is 1.28 bits per heavy atom. The molecular formula is C9H10F5N3O. The van der Waals surface area contributed by atoms with Gasteiger partial charge in [0.25, 0.3) is 5.92 Å². The molecule has 0 saturated carbocycles. The van der Waals surface area contributed by atoms with Gasteiger partial charge in [0.1, 0.15) is 12.3 Å². The maximum atomic E-state index is 12.7. The third-order valence-electron chi connectivity index (χ3n) is 1.99. The molecule has 9 heteroatoms. The zero-order chi connectivity index (χ0) is 14.0. The van der Waals surface area contributed by atoms with Crippen molar-refractivity contribution in [1.29, 1.82) is 0 Å². The van der Waals surface area contributed by atoms with Gasteiger partial charge in [0, 0.05) is 0 Å². The molecule has 102 valence electrons. The van der Waals surface area contributed by atoms with E-state index in [2.05, 4.69) is 4.98 Å². The largest absolute Gasteiger partial charge is 0.433 e. The summed E-state index contributed by atoms with van der Waals surface area (Å²) in [7, 11) is 0. The first-order chi connectivity index (χ1) is 8.15. The van der Waals surface area contributed by atoms with Gasteiger partial charge < -0.3 is 16.2 Å². The number of anilines is 2. The summed E-state index contributed by atoms with van der Waals surface area (Å²) in [4.78, 5) is 3.05. The number of hydrogen-bond donors (Lipinski definition) is 3. The minimum Gasteiger partial charge on any atom is -0.396 e. The second-order valence-electron chi connectivity index (χ2n) is 3.52. The Balaban J connectivity index is 2.89. The molecule has 0 unspecified atom stereocenters.